The van der Waals surface area contributed by atoms with E-state index in [2.05, 4.69) is 228 Å². The molecule has 0 amide bonds. The number of nitrogens with zero attached hydrogens (tertiary/aromatic N) is 2. The van der Waals surface area contributed by atoms with Gasteiger partial charge in [0.05, 0.1) is 22.3 Å². The predicted octanol–water partition coefficient (Wildman–Crippen LogP) is 13.7. The number of hydrogen-bond donors (Lipinski definition) is 0. The molecule has 61 heavy (non-hydrogen) atoms. The topological polar surface area (TPSA) is 8.17 Å². The molecule has 3 aliphatic rings. The zero-order valence-electron chi connectivity index (χ0n) is 34.0. The van der Waals surface area contributed by atoms with Crippen LogP contribution in [0.3, 0.4) is 0 Å². The molecule has 1 aromatic heterocycles. The summed E-state index contributed by atoms with van der Waals surface area (Å²) in [6.07, 6.45) is 13.8. The van der Waals surface area contributed by atoms with Crippen LogP contribution >= 0.6 is 0 Å². The highest BCUT2D eigenvalue weighted by molar-refractivity contribution is 6.07. The molecule has 3 aliphatic carbocycles. The third-order valence-electron chi connectivity index (χ3n) is 13.3. The number of anilines is 3. The van der Waals surface area contributed by atoms with Gasteiger partial charge in [-0.15, -0.1) is 0 Å². The predicted molar refractivity (Wildman–Crippen MR) is 256 cm³/mol. The summed E-state index contributed by atoms with van der Waals surface area (Å²) in [6, 6.07) is 72.2. The van der Waals surface area contributed by atoms with Gasteiger partial charge in [0.25, 0.3) is 0 Å². The molecule has 0 saturated heterocycles. The number of aromatic nitrogens is 1. The van der Waals surface area contributed by atoms with Crippen molar-refractivity contribution in [3.05, 3.63) is 245 Å². The summed E-state index contributed by atoms with van der Waals surface area (Å²) in [5.74, 6) is 0. The van der Waals surface area contributed by atoms with E-state index in [1.165, 1.54) is 82.5 Å². The van der Waals surface area contributed by atoms with Gasteiger partial charge in [-0.05, 0) is 106 Å². The second-order valence-electron chi connectivity index (χ2n) is 16.6. The van der Waals surface area contributed by atoms with Crippen molar-refractivity contribution >= 4 is 56.5 Å². The Morgan fingerprint density at radius 1 is 0.508 bits per heavy atom. The molecule has 8 aromatic carbocycles. The van der Waals surface area contributed by atoms with Crippen molar-refractivity contribution in [2.24, 2.45) is 0 Å². The van der Waals surface area contributed by atoms with Gasteiger partial charge in [0.15, 0.2) is 0 Å². The zero-order chi connectivity index (χ0) is 40.3. The molecule has 0 bridgehead atoms. The van der Waals surface area contributed by atoms with E-state index in [0.717, 1.165) is 42.7 Å². The highest BCUT2D eigenvalue weighted by atomic mass is 15.2. The minimum absolute atomic E-state index is 0.477. The summed E-state index contributed by atoms with van der Waals surface area (Å²) in [4.78, 5) is 2.58. The van der Waals surface area contributed by atoms with Crippen LogP contribution in [0.5, 0.6) is 0 Å². The Kier molecular flexibility index (Phi) is 8.38. The van der Waals surface area contributed by atoms with Crippen molar-refractivity contribution in [2.45, 2.75) is 31.1 Å². The van der Waals surface area contributed by atoms with Crippen LogP contribution in [-0.4, -0.2) is 4.57 Å². The van der Waals surface area contributed by atoms with Gasteiger partial charge in [0.1, 0.15) is 0 Å². The van der Waals surface area contributed by atoms with Gasteiger partial charge in [0.2, 0.25) is 0 Å². The van der Waals surface area contributed by atoms with E-state index >= 15 is 0 Å². The Labute approximate surface area is 357 Å². The van der Waals surface area contributed by atoms with Gasteiger partial charge in [-0.1, -0.05) is 182 Å². The molecular weight excluding hydrogens is 737 g/mol. The first-order valence-electron chi connectivity index (χ1n) is 21.7. The highest BCUT2D eigenvalue weighted by Gasteiger charge is 2.48. The summed E-state index contributed by atoms with van der Waals surface area (Å²) in [5, 5.41) is 6.39. The Morgan fingerprint density at radius 2 is 1.18 bits per heavy atom. The first-order chi connectivity index (χ1) is 30.3. The van der Waals surface area contributed by atoms with Gasteiger partial charge in [-0.3, -0.25) is 0 Å². The maximum Gasteiger partial charge on any atom is 0.0711 e. The van der Waals surface area contributed by atoms with Crippen molar-refractivity contribution in [3.63, 3.8) is 0 Å². The Balaban J connectivity index is 1.20. The van der Waals surface area contributed by atoms with Crippen molar-refractivity contribution in [1.29, 1.82) is 0 Å². The standard InChI is InChI=1S/C59H44N2/c1-4-21-42(22-5-1)57-47-29-11-10-20-41(47)38-39-56(57)61(46-28-18-27-45(40-46)60-53-35-16-13-30-48(53)49-31-14-17-36-54(49)60)55-37-19-34-52-58(55)50-32-12-15-33-51(50)59(52,43-23-6-2-7-24-43)44-25-8-3-9-26-44/h1-11,13,15-16,18-31,33-40H,12,14,17,32H2. The normalized spacial score (nSPS) is 14.9. The Morgan fingerprint density at radius 3 is 1.98 bits per heavy atom. The largest absolute Gasteiger partial charge is 0.310 e. The molecule has 12 rings (SSSR count). The monoisotopic (exact) mass is 780 g/mol. The van der Waals surface area contributed by atoms with E-state index in [0.29, 0.717) is 0 Å². The van der Waals surface area contributed by atoms with E-state index in [9.17, 15) is 0 Å². The number of para-hydroxylation sites is 1. The van der Waals surface area contributed by atoms with Crippen LogP contribution in [0.4, 0.5) is 17.1 Å². The average Bonchev–Trinajstić information content (AvgIpc) is 3.84. The SMILES string of the molecule is C1=CC2=C(CC1)c1c(N(c3cccc(-n4c5c(c6ccccc64)=CCCC=5)c3)c3ccc4ccccc4c3-c3ccccc3)cccc1C2(c1ccccc1)c1ccccc1. The van der Waals surface area contributed by atoms with E-state index in [-0.39, 0.29) is 0 Å². The lowest BCUT2D eigenvalue weighted by Gasteiger charge is -2.36. The first-order valence-corrected chi connectivity index (χ1v) is 21.7. The van der Waals surface area contributed by atoms with Gasteiger partial charge in [-0.2, -0.15) is 0 Å². The zero-order valence-corrected chi connectivity index (χ0v) is 34.0. The lowest BCUT2D eigenvalue weighted by molar-refractivity contribution is 0.756. The molecule has 2 heteroatoms. The number of allylic oxidation sites excluding steroid dienone is 4. The van der Waals surface area contributed by atoms with Crippen molar-refractivity contribution in [3.8, 4) is 16.8 Å². The van der Waals surface area contributed by atoms with Crippen LogP contribution < -0.4 is 15.5 Å². The van der Waals surface area contributed by atoms with Crippen LogP contribution in [-0.2, 0) is 5.41 Å². The minimum Gasteiger partial charge on any atom is -0.310 e. The average molecular weight is 781 g/mol. The van der Waals surface area contributed by atoms with E-state index in [1.807, 2.05) is 0 Å². The van der Waals surface area contributed by atoms with Gasteiger partial charge in [-0.25, -0.2) is 0 Å². The van der Waals surface area contributed by atoms with Crippen molar-refractivity contribution in [2.75, 3.05) is 4.90 Å². The second kappa shape index (κ2) is 14.4. The lowest BCUT2D eigenvalue weighted by atomic mass is 9.66. The first kappa shape index (κ1) is 35.5. The van der Waals surface area contributed by atoms with Gasteiger partial charge in [0, 0.05) is 38.5 Å². The Bertz CT molecular complexity index is 3310. The quantitative estimate of drug-likeness (QED) is 0.156. The third kappa shape index (κ3) is 5.42. The molecule has 0 fully saturated rings. The van der Waals surface area contributed by atoms with E-state index < -0.39 is 5.41 Å². The fourth-order valence-electron chi connectivity index (χ4n) is 10.9. The summed E-state index contributed by atoms with van der Waals surface area (Å²) >= 11 is 0. The minimum atomic E-state index is -0.477. The summed E-state index contributed by atoms with van der Waals surface area (Å²) < 4.78 is 2.48. The van der Waals surface area contributed by atoms with E-state index in [1.54, 1.807) is 0 Å². The number of rotatable bonds is 7. The molecule has 0 N–H and O–H groups in total. The molecule has 1 heterocycles. The molecule has 0 aliphatic heterocycles. The third-order valence-corrected chi connectivity index (χ3v) is 13.3. The van der Waals surface area contributed by atoms with Gasteiger partial charge >= 0.3 is 0 Å². The second-order valence-corrected chi connectivity index (χ2v) is 16.6. The van der Waals surface area contributed by atoms with Crippen LogP contribution in [0.25, 0.3) is 56.2 Å². The number of hydrogen-bond acceptors (Lipinski definition) is 1. The molecule has 0 unspecified atom stereocenters. The summed E-state index contributed by atoms with van der Waals surface area (Å²) in [5.41, 5.74) is 15.9. The smallest absolute Gasteiger partial charge is 0.0711 e. The van der Waals surface area contributed by atoms with Crippen LogP contribution in [0, 0.1) is 0 Å². The molecule has 0 saturated carbocycles. The van der Waals surface area contributed by atoms with Crippen LogP contribution in [0.1, 0.15) is 47.9 Å². The number of benzene rings is 8. The molecule has 0 spiro atoms. The lowest BCUT2D eigenvalue weighted by Crippen LogP contribution is -2.30. The molecule has 9 aromatic rings. The van der Waals surface area contributed by atoms with E-state index in [4.69, 9.17) is 0 Å². The van der Waals surface area contributed by atoms with Crippen LogP contribution in [0.15, 0.2) is 212 Å². The molecule has 0 atom stereocenters. The maximum absolute atomic E-state index is 2.58. The van der Waals surface area contributed by atoms with Crippen molar-refractivity contribution < 1.29 is 0 Å². The maximum atomic E-state index is 2.58. The van der Waals surface area contributed by atoms with Gasteiger partial charge < -0.3 is 9.47 Å². The summed E-state index contributed by atoms with van der Waals surface area (Å²) in [6.45, 7) is 0. The molecule has 290 valence electrons. The fourth-order valence-corrected chi connectivity index (χ4v) is 10.9. The molecule has 0 radical (unpaired) electrons. The highest BCUT2D eigenvalue weighted by Crippen LogP contribution is 2.60. The van der Waals surface area contributed by atoms with Crippen molar-refractivity contribution in [1.82, 2.24) is 4.57 Å². The fraction of sp³-hybridized carbons (Fsp3) is 0.0847. The van der Waals surface area contributed by atoms with Crippen LogP contribution in [0.2, 0.25) is 0 Å². The molecule has 2 nitrogen and oxygen atoms in total. The Hall–Kier alpha value is -7.42. The molecular formula is C59H44N2. The number of fused-ring (bicyclic) bond motifs is 6. The summed E-state index contributed by atoms with van der Waals surface area (Å²) in [7, 11) is 0.